The van der Waals surface area contributed by atoms with Gasteiger partial charge in [-0.1, -0.05) is 19.9 Å². The molecule has 0 aromatic heterocycles. The Morgan fingerprint density at radius 1 is 1.20 bits per heavy atom. The molecule has 0 atom stereocenters. The third kappa shape index (κ3) is 4.76. The predicted molar refractivity (Wildman–Crippen MR) is 70.6 cm³/mol. The normalized spacial score (nSPS) is 13.1. The minimum absolute atomic E-state index is 0.0641. The van der Waals surface area contributed by atoms with E-state index in [9.17, 15) is 17.6 Å². The SMILES string of the molecule is CN(Cc1ccc(F)cc1C(F)(F)F)CC(C)(C)CN. The van der Waals surface area contributed by atoms with Gasteiger partial charge in [-0.3, -0.25) is 0 Å². The quantitative estimate of drug-likeness (QED) is 0.844. The summed E-state index contributed by atoms with van der Waals surface area (Å²) in [5.41, 5.74) is 4.57. The van der Waals surface area contributed by atoms with Crippen LogP contribution in [0.1, 0.15) is 25.0 Å². The molecule has 0 saturated carbocycles. The number of hydrogen-bond donors (Lipinski definition) is 1. The molecule has 6 heteroatoms. The summed E-state index contributed by atoms with van der Waals surface area (Å²) in [6.45, 7) is 4.97. The van der Waals surface area contributed by atoms with Gasteiger partial charge < -0.3 is 10.6 Å². The number of nitrogens with two attached hydrogens (primary N) is 1. The van der Waals surface area contributed by atoms with Crippen molar-refractivity contribution in [2.75, 3.05) is 20.1 Å². The van der Waals surface area contributed by atoms with Crippen molar-refractivity contribution >= 4 is 0 Å². The van der Waals surface area contributed by atoms with E-state index in [0.717, 1.165) is 6.07 Å². The lowest BCUT2D eigenvalue weighted by atomic mass is 9.93. The molecule has 1 aromatic rings. The molecule has 2 nitrogen and oxygen atoms in total. The van der Waals surface area contributed by atoms with Crippen molar-refractivity contribution in [3.63, 3.8) is 0 Å². The van der Waals surface area contributed by atoms with Gasteiger partial charge in [0.05, 0.1) is 5.56 Å². The lowest BCUT2D eigenvalue weighted by molar-refractivity contribution is -0.138. The van der Waals surface area contributed by atoms with E-state index in [2.05, 4.69) is 0 Å². The average Bonchev–Trinajstić information content (AvgIpc) is 2.29. The van der Waals surface area contributed by atoms with Gasteiger partial charge in [-0.2, -0.15) is 13.2 Å². The van der Waals surface area contributed by atoms with Gasteiger partial charge in [0.1, 0.15) is 5.82 Å². The first kappa shape index (κ1) is 16.9. The molecule has 1 rings (SSSR count). The van der Waals surface area contributed by atoms with Crippen LogP contribution in [0, 0.1) is 11.2 Å². The minimum atomic E-state index is -4.55. The zero-order valence-corrected chi connectivity index (χ0v) is 11.9. The van der Waals surface area contributed by atoms with Gasteiger partial charge in [-0.25, -0.2) is 4.39 Å². The maximum atomic E-state index is 13.0. The Kier molecular flexibility index (Phi) is 5.15. The molecule has 0 radical (unpaired) electrons. The number of benzene rings is 1. The second kappa shape index (κ2) is 6.10. The van der Waals surface area contributed by atoms with Gasteiger partial charge in [0.2, 0.25) is 0 Å². The van der Waals surface area contributed by atoms with Crippen LogP contribution < -0.4 is 5.73 Å². The molecule has 0 aliphatic carbocycles. The van der Waals surface area contributed by atoms with Gasteiger partial charge in [0, 0.05) is 13.1 Å². The summed E-state index contributed by atoms with van der Waals surface area (Å²) in [5.74, 6) is -0.883. The third-order valence-corrected chi connectivity index (χ3v) is 3.07. The highest BCUT2D eigenvalue weighted by Crippen LogP contribution is 2.33. The largest absolute Gasteiger partial charge is 0.416 e. The summed E-state index contributed by atoms with van der Waals surface area (Å²) in [5, 5.41) is 0. The highest BCUT2D eigenvalue weighted by Gasteiger charge is 2.34. The Labute approximate surface area is 116 Å². The number of hydrogen-bond acceptors (Lipinski definition) is 2. The summed E-state index contributed by atoms with van der Waals surface area (Å²) in [6, 6.07) is 2.77. The molecule has 0 aliphatic heterocycles. The monoisotopic (exact) mass is 292 g/mol. The van der Waals surface area contributed by atoms with Crippen molar-refractivity contribution in [2.45, 2.75) is 26.6 Å². The Bertz CT molecular complexity index is 455. The van der Waals surface area contributed by atoms with Crippen molar-refractivity contribution in [2.24, 2.45) is 11.1 Å². The van der Waals surface area contributed by atoms with Crippen molar-refractivity contribution in [1.29, 1.82) is 0 Å². The van der Waals surface area contributed by atoms with Crippen LogP contribution in [-0.4, -0.2) is 25.0 Å². The summed E-state index contributed by atoms with van der Waals surface area (Å²) < 4.78 is 51.6. The topological polar surface area (TPSA) is 29.3 Å². The van der Waals surface area contributed by atoms with E-state index in [1.165, 1.54) is 6.07 Å². The number of rotatable bonds is 5. The maximum absolute atomic E-state index is 13.0. The van der Waals surface area contributed by atoms with Crippen LogP contribution in [0.5, 0.6) is 0 Å². The van der Waals surface area contributed by atoms with E-state index in [1.807, 2.05) is 13.8 Å². The van der Waals surface area contributed by atoms with E-state index in [-0.39, 0.29) is 17.5 Å². The smallest absolute Gasteiger partial charge is 0.330 e. The molecule has 0 spiro atoms. The third-order valence-electron chi connectivity index (χ3n) is 3.07. The number of nitrogens with zero attached hydrogens (tertiary/aromatic N) is 1. The Balaban J connectivity index is 2.93. The van der Waals surface area contributed by atoms with Gasteiger partial charge in [-0.05, 0) is 36.7 Å². The van der Waals surface area contributed by atoms with Gasteiger partial charge in [-0.15, -0.1) is 0 Å². The molecule has 114 valence electrons. The molecular formula is C14H20F4N2. The lowest BCUT2D eigenvalue weighted by Gasteiger charge is -2.29. The van der Waals surface area contributed by atoms with Crippen molar-refractivity contribution in [1.82, 2.24) is 4.90 Å². The number of halogens is 4. The molecule has 0 fully saturated rings. The van der Waals surface area contributed by atoms with Crippen LogP contribution in [0.15, 0.2) is 18.2 Å². The second-order valence-corrected chi connectivity index (χ2v) is 5.84. The van der Waals surface area contributed by atoms with E-state index in [4.69, 9.17) is 5.73 Å². The Hall–Kier alpha value is -1.14. The van der Waals surface area contributed by atoms with E-state index in [0.29, 0.717) is 19.2 Å². The fourth-order valence-electron chi connectivity index (χ4n) is 2.09. The zero-order chi connectivity index (χ0) is 15.6. The van der Waals surface area contributed by atoms with Crippen LogP contribution >= 0.6 is 0 Å². The van der Waals surface area contributed by atoms with Crippen LogP contribution in [0.2, 0.25) is 0 Å². The minimum Gasteiger partial charge on any atom is -0.330 e. The van der Waals surface area contributed by atoms with Crippen LogP contribution in [-0.2, 0) is 12.7 Å². The molecule has 0 saturated heterocycles. The molecule has 0 heterocycles. The number of alkyl halides is 3. The molecule has 0 bridgehead atoms. The average molecular weight is 292 g/mol. The van der Waals surface area contributed by atoms with Gasteiger partial charge >= 0.3 is 6.18 Å². The van der Waals surface area contributed by atoms with E-state index in [1.54, 1.807) is 11.9 Å². The molecule has 0 amide bonds. The Morgan fingerprint density at radius 2 is 1.80 bits per heavy atom. The second-order valence-electron chi connectivity index (χ2n) is 5.84. The zero-order valence-electron chi connectivity index (χ0n) is 11.9. The summed E-state index contributed by atoms with van der Waals surface area (Å²) >= 11 is 0. The maximum Gasteiger partial charge on any atom is 0.416 e. The van der Waals surface area contributed by atoms with E-state index >= 15 is 0 Å². The van der Waals surface area contributed by atoms with Crippen molar-refractivity contribution in [3.8, 4) is 0 Å². The van der Waals surface area contributed by atoms with Crippen LogP contribution in [0.4, 0.5) is 17.6 Å². The lowest BCUT2D eigenvalue weighted by Crippen LogP contribution is -2.36. The fraction of sp³-hybridized carbons (Fsp3) is 0.571. The van der Waals surface area contributed by atoms with Gasteiger partial charge in [0.15, 0.2) is 0 Å². The molecule has 1 aromatic carbocycles. The first-order valence-electron chi connectivity index (χ1n) is 6.29. The highest BCUT2D eigenvalue weighted by atomic mass is 19.4. The highest BCUT2D eigenvalue weighted by molar-refractivity contribution is 5.30. The van der Waals surface area contributed by atoms with Crippen LogP contribution in [0.3, 0.4) is 0 Å². The van der Waals surface area contributed by atoms with Crippen molar-refractivity contribution in [3.05, 3.63) is 35.1 Å². The molecule has 20 heavy (non-hydrogen) atoms. The fourth-order valence-corrected chi connectivity index (χ4v) is 2.09. The summed E-state index contributed by atoms with van der Waals surface area (Å²) in [6.07, 6.45) is -4.55. The van der Waals surface area contributed by atoms with Crippen molar-refractivity contribution < 1.29 is 17.6 Å². The standard InChI is InChI=1S/C14H20F4N2/c1-13(2,8-19)9-20(3)7-10-4-5-11(15)6-12(10)14(16,17)18/h4-6H,7-9,19H2,1-3H3. The van der Waals surface area contributed by atoms with Gasteiger partial charge in [0.25, 0.3) is 0 Å². The van der Waals surface area contributed by atoms with E-state index < -0.39 is 17.6 Å². The first-order valence-corrected chi connectivity index (χ1v) is 6.29. The summed E-state index contributed by atoms with van der Waals surface area (Å²) in [4.78, 5) is 1.76. The molecule has 0 unspecified atom stereocenters. The first-order chi connectivity index (χ1) is 9.05. The Morgan fingerprint density at radius 3 is 2.30 bits per heavy atom. The molecule has 2 N–H and O–H groups in total. The molecular weight excluding hydrogens is 272 g/mol. The molecule has 0 aliphatic rings. The summed E-state index contributed by atoms with van der Waals surface area (Å²) in [7, 11) is 1.72. The predicted octanol–water partition coefficient (Wildman–Crippen LogP) is 3.26. The van der Waals surface area contributed by atoms with Crippen LogP contribution in [0.25, 0.3) is 0 Å².